The van der Waals surface area contributed by atoms with Crippen LogP contribution in [0.25, 0.3) is 11.0 Å². The summed E-state index contributed by atoms with van der Waals surface area (Å²) in [4.78, 5) is 33.7. The van der Waals surface area contributed by atoms with Gasteiger partial charge in [0.2, 0.25) is 5.91 Å². The van der Waals surface area contributed by atoms with Gasteiger partial charge in [-0.05, 0) is 49.9 Å². The Hall–Kier alpha value is -3.15. The zero-order chi connectivity index (χ0) is 21.6. The summed E-state index contributed by atoms with van der Waals surface area (Å²) in [5.74, 6) is 0.125. The minimum absolute atomic E-state index is 0.0789. The fourth-order valence-electron chi connectivity index (χ4n) is 4.95. The fourth-order valence-corrected chi connectivity index (χ4v) is 4.95. The largest absolute Gasteiger partial charge is 0.351 e. The molecule has 1 atom stereocenters. The minimum atomic E-state index is -1.00. The molecule has 0 unspecified atom stereocenters. The average molecular weight is 417 g/mol. The van der Waals surface area contributed by atoms with Gasteiger partial charge < -0.3 is 14.8 Å². The summed E-state index contributed by atoms with van der Waals surface area (Å²) >= 11 is 0. The van der Waals surface area contributed by atoms with Crippen molar-refractivity contribution in [3.05, 3.63) is 65.5 Å². The predicted molar refractivity (Wildman–Crippen MR) is 120 cm³/mol. The standard InChI is InChI=1S/C25H28N4O2/c1-17-9-3-4-10-18(17)15-29-23(30)22-27-20-13-7-8-14-21(20)28(22)16-25(29,2)24(31)26-19-11-5-6-12-19/h3-4,7-10,13-14,19H,5-6,11-12,15-16H2,1-2H3,(H,26,31)/t25-/m1/s1. The van der Waals surface area contributed by atoms with E-state index in [-0.39, 0.29) is 17.9 Å². The Balaban J connectivity index is 1.58. The van der Waals surface area contributed by atoms with Crippen molar-refractivity contribution >= 4 is 22.8 Å². The van der Waals surface area contributed by atoms with E-state index in [0.29, 0.717) is 18.9 Å². The van der Waals surface area contributed by atoms with E-state index in [1.165, 1.54) is 0 Å². The number of carbonyl (C=O) groups is 2. The zero-order valence-electron chi connectivity index (χ0n) is 18.1. The Kier molecular flexibility index (Phi) is 4.80. The van der Waals surface area contributed by atoms with Crippen LogP contribution in [0.4, 0.5) is 0 Å². The summed E-state index contributed by atoms with van der Waals surface area (Å²) < 4.78 is 1.92. The summed E-state index contributed by atoms with van der Waals surface area (Å²) in [6, 6.07) is 16.0. The molecule has 2 amide bonds. The van der Waals surface area contributed by atoms with E-state index in [9.17, 15) is 9.59 Å². The Morgan fingerprint density at radius 1 is 1.13 bits per heavy atom. The molecule has 6 heteroatoms. The Labute approximate surface area is 182 Å². The van der Waals surface area contributed by atoms with E-state index in [2.05, 4.69) is 10.3 Å². The van der Waals surface area contributed by atoms with Gasteiger partial charge in [-0.1, -0.05) is 49.2 Å². The Morgan fingerprint density at radius 3 is 2.61 bits per heavy atom. The van der Waals surface area contributed by atoms with E-state index < -0.39 is 5.54 Å². The summed E-state index contributed by atoms with van der Waals surface area (Å²) in [6.07, 6.45) is 4.30. The lowest BCUT2D eigenvalue weighted by atomic mass is 9.93. The van der Waals surface area contributed by atoms with Crippen molar-refractivity contribution < 1.29 is 9.59 Å². The normalized spacial score (nSPS) is 21.5. The van der Waals surface area contributed by atoms with Gasteiger partial charge in [0.05, 0.1) is 17.6 Å². The fraction of sp³-hybridized carbons (Fsp3) is 0.400. The molecule has 0 radical (unpaired) electrons. The molecule has 31 heavy (non-hydrogen) atoms. The highest BCUT2D eigenvalue weighted by Gasteiger charge is 2.49. The molecule has 160 valence electrons. The molecule has 2 aliphatic rings. The van der Waals surface area contributed by atoms with Crippen LogP contribution < -0.4 is 5.32 Å². The van der Waals surface area contributed by atoms with Crippen LogP contribution in [0, 0.1) is 6.92 Å². The molecule has 1 aliphatic heterocycles. The van der Waals surface area contributed by atoms with Crippen molar-refractivity contribution in [1.82, 2.24) is 19.8 Å². The molecule has 0 spiro atoms. The summed E-state index contributed by atoms with van der Waals surface area (Å²) in [7, 11) is 0. The number of carbonyl (C=O) groups excluding carboxylic acids is 2. The lowest BCUT2D eigenvalue weighted by molar-refractivity contribution is -0.133. The number of nitrogens with one attached hydrogen (secondary N) is 1. The van der Waals surface area contributed by atoms with E-state index in [1.807, 2.05) is 66.9 Å². The topological polar surface area (TPSA) is 67.2 Å². The number of amides is 2. The molecule has 1 fully saturated rings. The highest BCUT2D eigenvalue weighted by atomic mass is 16.2. The lowest BCUT2D eigenvalue weighted by Crippen LogP contribution is -2.64. The molecule has 1 N–H and O–H groups in total. The second-order valence-electron chi connectivity index (χ2n) is 9.06. The van der Waals surface area contributed by atoms with Crippen molar-refractivity contribution in [3.8, 4) is 0 Å². The summed E-state index contributed by atoms with van der Waals surface area (Å²) in [5, 5.41) is 3.24. The predicted octanol–water partition coefficient (Wildman–Crippen LogP) is 3.82. The van der Waals surface area contributed by atoms with Gasteiger partial charge in [-0.2, -0.15) is 0 Å². The van der Waals surface area contributed by atoms with Crippen molar-refractivity contribution in [2.45, 2.75) is 64.2 Å². The number of imidazole rings is 1. The summed E-state index contributed by atoms with van der Waals surface area (Å²) in [6.45, 7) is 4.70. The third-order valence-corrected chi connectivity index (χ3v) is 6.92. The first-order valence-electron chi connectivity index (χ1n) is 11.1. The molecule has 3 aromatic rings. The van der Waals surface area contributed by atoms with Crippen LogP contribution in [0.2, 0.25) is 0 Å². The molecular formula is C25H28N4O2. The van der Waals surface area contributed by atoms with Gasteiger partial charge in [0.25, 0.3) is 5.91 Å². The number of para-hydroxylation sites is 2. The Morgan fingerprint density at radius 2 is 1.84 bits per heavy atom. The number of hydrogen-bond acceptors (Lipinski definition) is 3. The molecule has 5 rings (SSSR count). The van der Waals surface area contributed by atoms with Crippen molar-refractivity contribution in [1.29, 1.82) is 0 Å². The third-order valence-electron chi connectivity index (χ3n) is 6.92. The number of aromatic nitrogens is 2. The van der Waals surface area contributed by atoms with E-state index in [4.69, 9.17) is 0 Å². The first-order valence-corrected chi connectivity index (χ1v) is 11.1. The SMILES string of the molecule is Cc1ccccc1CN1C(=O)c2nc3ccccc3n2C[C@]1(C)C(=O)NC1CCCC1. The van der Waals surface area contributed by atoms with Gasteiger partial charge in [0.15, 0.2) is 5.82 Å². The number of fused-ring (bicyclic) bond motifs is 3. The number of benzene rings is 2. The van der Waals surface area contributed by atoms with Crippen LogP contribution >= 0.6 is 0 Å². The van der Waals surface area contributed by atoms with E-state index in [1.54, 1.807) is 4.90 Å². The maximum absolute atomic E-state index is 13.7. The molecule has 1 aromatic heterocycles. The molecule has 6 nitrogen and oxygen atoms in total. The zero-order valence-corrected chi connectivity index (χ0v) is 18.1. The monoisotopic (exact) mass is 416 g/mol. The van der Waals surface area contributed by atoms with E-state index in [0.717, 1.165) is 47.8 Å². The van der Waals surface area contributed by atoms with Crippen LogP contribution in [0.5, 0.6) is 0 Å². The highest BCUT2D eigenvalue weighted by molar-refractivity contribution is 6.01. The first kappa shape index (κ1) is 19.8. The number of rotatable bonds is 4. The average Bonchev–Trinajstić information content (AvgIpc) is 3.40. The van der Waals surface area contributed by atoms with Crippen molar-refractivity contribution in [3.63, 3.8) is 0 Å². The quantitative estimate of drug-likeness (QED) is 0.703. The van der Waals surface area contributed by atoms with Crippen LogP contribution in [-0.4, -0.2) is 37.8 Å². The summed E-state index contributed by atoms with van der Waals surface area (Å²) in [5.41, 5.74) is 2.81. The first-order chi connectivity index (χ1) is 15.0. The molecule has 0 saturated heterocycles. The third kappa shape index (κ3) is 3.30. The van der Waals surface area contributed by atoms with Crippen LogP contribution in [0.3, 0.4) is 0 Å². The van der Waals surface area contributed by atoms with Gasteiger partial charge in [-0.3, -0.25) is 9.59 Å². The molecule has 2 aromatic carbocycles. The van der Waals surface area contributed by atoms with Gasteiger partial charge in [0, 0.05) is 12.6 Å². The molecule has 1 saturated carbocycles. The lowest BCUT2D eigenvalue weighted by Gasteiger charge is -2.44. The van der Waals surface area contributed by atoms with Crippen molar-refractivity contribution in [2.75, 3.05) is 0 Å². The van der Waals surface area contributed by atoms with E-state index >= 15 is 0 Å². The number of nitrogens with zero attached hydrogens (tertiary/aromatic N) is 3. The van der Waals surface area contributed by atoms with Gasteiger partial charge in [0.1, 0.15) is 5.54 Å². The van der Waals surface area contributed by atoms with Crippen LogP contribution in [0.15, 0.2) is 48.5 Å². The van der Waals surface area contributed by atoms with Gasteiger partial charge in [-0.15, -0.1) is 0 Å². The number of hydrogen-bond donors (Lipinski definition) is 1. The molecular weight excluding hydrogens is 388 g/mol. The smallest absolute Gasteiger partial charge is 0.291 e. The van der Waals surface area contributed by atoms with Gasteiger partial charge in [-0.25, -0.2) is 4.98 Å². The van der Waals surface area contributed by atoms with Crippen LogP contribution in [-0.2, 0) is 17.9 Å². The minimum Gasteiger partial charge on any atom is -0.351 e. The second kappa shape index (κ2) is 7.52. The van der Waals surface area contributed by atoms with Crippen molar-refractivity contribution in [2.24, 2.45) is 0 Å². The molecule has 0 bridgehead atoms. The van der Waals surface area contributed by atoms with Crippen LogP contribution in [0.1, 0.15) is 54.4 Å². The van der Waals surface area contributed by atoms with Gasteiger partial charge >= 0.3 is 0 Å². The highest BCUT2D eigenvalue weighted by Crippen LogP contribution is 2.33. The Bertz CT molecular complexity index is 1160. The number of aryl methyl sites for hydroxylation is 1. The molecule has 1 aliphatic carbocycles. The second-order valence-corrected chi connectivity index (χ2v) is 9.06. The molecule has 2 heterocycles. The maximum atomic E-state index is 13.7. The maximum Gasteiger partial charge on any atom is 0.291 e.